The Morgan fingerprint density at radius 2 is 1.69 bits per heavy atom. The van der Waals surface area contributed by atoms with Crippen LogP contribution in [0.3, 0.4) is 0 Å². The van der Waals surface area contributed by atoms with Gasteiger partial charge in [-0.25, -0.2) is 13.6 Å². The number of benzene rings is 4. The van der Waals surface area contributed by atoms with Crippen molar-refractivity contribution >= 4 is 27.5 Å². The lowest BCUT2D eigenvalue weighted by Crippen LogP contribution is -2.13. The Bertz CT molecular complexity index is 1310. The van der Waals surface area contributed by atoms with Crippen molar-refractivity contribution in [2.75, 3.05) is 0 Å². The Hall–Kier alpha value is -3.78. The first-order chi connectivity index (χ1) is 14.0. The number of aryl methyl sites for hydroxylation is 1. The maximum absolute atomic E-state index is 15.1. The molecule has 5 heteroatoms. The van der Waals surface area contributed by atoms with Crippen LogP contribution in [0.25, 0.3) is 21.5 Å². The molecule has 0 aliphatic rings. The van der Waals surface area contributed by atoms with Gasteiger partial charge in [0.05, 0.1) is 11.6 Å². The minimum Gasteiger partial charge on any atom is -0.423 e. The molecule has 0 aromatic heterocycles. The minimum atomic E-state index is -1.13. The fourth-order valence-electron chi connectivity index (χ4n) is 3.35. The van der Waals surface area contributed by atoms with Gasteiger partial charge in [0.15, 0.2) is 0 Å². The molecule has 4 aromatic rings. The molecule has 3 nitrogen and oxygen atoms in total. The van der Waals surface area contributed by atoms with Crippen LogP contribution in [-0.2, 0) is 6.42 Å². The van der Waals surface area contributed by atoms with Gasteiger partial charge in [-0.15, -0.1) is 0 Å². The molecule has 29 heavy (non-hydrogen) atoms. The molecule has 0 fully saturated rings. The fourth-order valence-corrected chi connectivity index (χ4v) is 3.35. The summed E-state index contributed by atoms with van der Waals surface area (Å²) in [6.07, 6.45) is 0.858. The zero-order valence-corrected chi connectivity index (χ0v) is 15.5. The van der Waals surface area contributed by atoms with E-state index in [2.05, 4.69) is 0 Å². The van der Waals surface area contributed by atoms with Gasteiger partial charge in [-0.1, -0.05) is 37.3 Å². The highest BCUT2D eigenvalue weighted by Gasteiger charge is 2.23. The van der Waals surface area contributed by atoms with Crippen molar-refractivity contribution in [3.8, 4) is 11.8 Å². The molecule has 0 spiro atoms. The van der Waals surface area contributed by atoms with Crippen molar-refractivity contribution in [2.24, 2.45) is 0 Å². The second kappa shape index (κ2) is 7.33. The van der Waals surface area contributed by atoms with Crippen molar-refractivity contribution in [3.05, 3.63) is 89.0 Å². The van der Waals surface area contributed by atoms with Gasteiger partial charge in [0.2, 0.25) is 0 Å². The third kappa shape index (κ3) is 3.30. The molecule has 0 aliphatic heterocycles. The molecule has 142 valence electrons. The number of fused-ring (bicyclic) bond motifs is 3. The highest BCUT2D eigenvalue weighted by Crippen LogP contribution is 2.31. The van der Waals surface area contributed by atoms with Crippen LogP contribution < -0.4 is 4.74 Å². The normalized spacial score (nSPS) is 10.8. The van der Waals surface area contributed by atoms with Gasteiger partial charge >= 0.3 is 5.97 Å². The summed E-state index contributed by atoms with van der Waals surface area (Å²) in [5, 5.41) is 10.9. The van der Waals surface area contributed by atoms with E-state index in [9.17, 15) is 9.18 Å². The second-order valence-electron chi connectivity index (χ2n) is 6.64. The van der Waals surface area contributed by atoms with Crippen molar-refractivity contribution in [1.82, 2.24) is 0 Å². The predicted molar refractivity (Wildman–Crippen MR) is 107 cm³/mol. The number of rotatable bonds is 3. The molecule has 4 aromatic carbocycles. The van der Waals surface area contributed by atoms with E-state index in [0.29, 0.717) is 16.3 Å². The highest BCUT2D eigenvalue weighted by molar-refractivity contribution is 6.10. The zero-order valence-electron chi connectivity index (χ0n) is 15.5. The molecule has 0 aliphatic carbocycles. The van der Waals surface area contributed by atoms with Gasteiger partial charge in [-0.2, -0.15) is 5.26 Å². The number of ether oxygens (including phenoxy) is 1. The van der Waals surface area contributed by atoms with Crippen LogP contribution in [-0.4, -0.2) is 5.97 Å². The van der Waals surface area contributed by atoms with Crippen LogP contribution in [0.1, 0.15) is 28.4 Å². The lowest BCUT2D eigenvalue weighted by atomic mass is 9.97. The predicted octanol–water partition coefficient (Wildman–Crippen LogP) is 5.92. The van der Waals surface area contributed by atoms with E-state index in [1.54, 1.807) is 12.1 Å². The zero-order chi connectivity index (χ0) is 20.5. The first-order valence-electron chi connectivity index (χ1n) is 9.07. The molecule has 0 saturated heterocycles. The molecule has 0 amide bonds. The van der Waals surface area contributed by atoms with Gasteiger partial charge in [0.1, 0.15) is 22.9 Å². The number of hydrogen-bond acceptors (Lipinski definition) is 3. The molecule has 0 radical (unpaired) electrons. The van der Waals surface area contributed by atoms with Crippen LogP contribution in [0, 0.1) is 23.0 Å². The monoisotopic (exact) mass is 387 g/mol. The first kappa shape index (κ1) is 18.6. The van der Waals surface area contributed by atoms with Crippen molar-refractivity contribution in [3.63, 3.8) is 0 Å². The van der Waals surface area contributed by atoms with E-state index >= 15 is 4.39 Å². The van der Waals surface area contributed by atoms with Crippen LogP contribution in [0.4, 0.5) is 8.78 Å². The van der Waals surface area contributed by atoms with E-state index in [1.807, 2.05) is 31.2 Å². The Labute approximate surface area is 165 Å². The van der Waals surface area contributed by atoms with Crippen LogP contribution >= 0.6 is 0 Å². The average molecular weight is 387 g/mol. The summed E-state index contributed by atoms with van der Waals surface area (Å²) < 4.78 is 34.9. The fraction of sp³-hybridized carbons (Fsp3) is 0.0833. The molecule has 0 heterocycles. The summed E-state index contributed by atoms with van der Waals surface area (Å²) in [6.45, 7) is 2.04. The van der Waals surface area contributed by atoms with Crippen LogP contribution in [0.5, 0.6) is 5.75 Å². The van der Waals surface area contributed by atoms with Crippen molar-refractivity contribution in [1.29, 1.82) is 5.26 Å². The summed E-state index contributed by atoms with van der Waals surface area (Å²) >= 11 is 0. The van der Waals surface area contributed by atoms with Gasteiger partial charge in [-0.3, -0.25) is 0 Å². The Morgan fingerprint density at radius 1 is 0.966 bits per heavy atom. The van der Waals surface area contributed by atoms with Crippen LogP contribution in [0.15, 0.2) is 60.7 Å². The molecule has 0 atom stereocenters. The van der Waals surface area contributed by atoms with Crippen molar-refractivity contribution in [2.45, 2.75) is 13.3 Å². The highest BCUT2D eigenvalue weighted by atomic mass is 19.1. The quantitative estimate of drug-likeness (QED) is 0.249. The molecule has 0 unspecified atom stereocenters. The standard InChI is InChI=1S/C24H15F2NO2/c1-2-14-5-9-18-16(11-14)6-10-19-20(18)12-21(25)22(23(19)26)24(28)29-17-7-3-15(13-27)4-8-17/h3-12H,2H2,1H3. The number of esters is 1. The number of hydrogen-bond donors (Lipinski definition) is 0. The maximum atomic E-state index is 15.1. The van der Waals surface area contributed by atoms with E-state index in [0.717, 1.165) is 17.4 Å². The molecule has 4 rings (SSSR count). The SMILES string of the molecule is CCc1ccc2c(ccc3c(F)c(C(=O)Oc4ccc(C#N)cc4)c(F)cc32)c1. The third-order valence-electron chi connectivity index (χ3n) is 4.90. The number of carbonyl (C=O) groups is 1. The largest absolute Gasteiger partial charge is 0.423 e. The summed E-state index contributed by atoms with van der Waals surface area (Å²) in [4.78, 5) is 12.4. The lowest BCUT2D eigenvalue weighted by molar-refractivity contribution is 0.0725. The van der Waals surface area contributed by atoms with Gasteiger partial charge in [-0.05, 0) is 58.5 Å². The Morgan fingerprint density at radius 3 is 2.38 bits per heavy atom. The minimum absolute atomic E-state index is 0.0958. The molecule has 0 N–H and O–H groups in total. The van der Waals surface area contributed by atoms with E-state index < -0.39 is 23.2 Å². The molecular formula is C24H15F2NO2. The van der Waals surface area contributed by atoms with Gasteiger partial charge in [0, 0.05) is 5.39 Å². The number of nitrogens with zero attached hydrogens (tertiary/aromatic N) is 1. The Kier molecular flexibility index (Phi) is 4.69. The van der Waals surface area contributed by atoms with Gasteiger partial charge in [0.25, 0.3) is 0 Å². The average Bonchev–Trinajstić information content (AvgIpc) is 2.73. The summed E-state index contributed by atoms with van der Waals surface area (Å²) in [5.41, 5.74) is 0.762. The Balaban J connectivity index is 1.79. The lowest BCUT2D eigenvalue weighted by Gasteiger charge is -2.11. The number of carbonyl (C=O) groups excluding carboxylic acids is 1. The summed E-state index contributed by atoms with van der Waals surface area (Å²) in [6, 6.07) is 17.8. The van der Waals surface area contributed by atoms with E-state index in [-0.39, 0.29) is 11.1 Å². The third-order valence-corrected chi connectivity index (χ3v) is 4.90. The smallest absolute Gasteiger partial charge is 0.349 e. The van der Waals surface area contributed by atoms with E-state index in [1.165, 1.54) is 30.3 Å². The molecular weight excluding hydrogens is 372 g/mol. The summed E-state index contributed by atoms with van der Waals surface area (Å²) in [5.74, 6) is -2.98. The number of nitriles is 1. The molecule has 0 saturated carbocycles. The summed E-state index contributed by atoms with van der Waals surface area (Å²) in [7, 11) is 0. The van der Waals surface area contributed by atoms with Crippen molar-refractivity contribution < 1.29 is 18.3 Å². The maximum Gasteiger partial charge on any atom is 0.349 e. The topological polar surface area (TPSA) is 50.1 Å². The molecule has 0 bridgehead atoms. The van der Waals surface area contributed by atoms with Gasteiger partial charge < -0.3 is 4.74 Å². The number of halogens is 2. The van der Waals surface area contributed by atoms with Crippen LogP contribution in [0.2, 0.25) is 0 Å². The first-order valence-corrected chi connectivity index (χ1v) is 9.07. The van der Waals surface area contributed by atoms with E-state index in [4.69, 9.17) is 10.00 Å². The second-order valence-corrected chi connectivity index (χ2v) is 6.64.